The van der Waals surface area contributed by atoms with Gasteiger partial charge in [0.1, 0.15) is 5.75 Å². The highest BCUT2D eigenvalue weighted by Gasteiger charge is 2.11. The topological polar surface area (TPSA) is 48.3 Å². The van der Waals surface area contributed by atoms with E-state index in [0.717, 1.165) is 21.3 Å². The number of carbonyl (C=O) groups is 1. The quantitative estimate of drug-likeness (QED) is 0.542. The molecule has 5 heteroatoms. The van der Waals surface area contributed by atoms with Crippen molar-refractivity contribution in [3.05, 3.63) is 63.3 Å². The van der Waals surface area contributed by atoms with Gasteiger partial charge in [-0.3, -0.25) is 14.2 Å². The molecule has 0 aliphatic heterocycles. The van der Waals surface area contributed by atoms with Gasteiger partial charge < -0.3 is 4.74 Å². The summed E-state index contributed by atoms with van der Waals surface area (Å²) in [6.07, 6.45) is 0.161. The normalized spacial score (nSPS) is 10.9. The molecule has 1 heterocycles. The van der Waals surface area contributed by atoms with Crippen molar-refractivity contribution in [2.45, 2.75) is 26.8 Å². The number of fused-ring (bicyclic) bond motifs is 1. The molecule has 0 fully saturated rings. The summed E-state index contributed by atoms with van der Waals surface area (Å²) in [6.45, 7) is 4.23. The highest BCUT2D eigenvalue weighted by atomic mass is 32.1. The van der Waals surface area contributed by atoms with Crippen molar-refractivity contribution in [2.75, 3.05) is 0 Å². The maximum atomic E-state index is 12.1. The van der Waals surface area contributed by atoms with Crippen LogP contribution in [-0.4, -0.2) is 10.5 Å². The van der Waals surface area contributed by atoms with Crippen LogP contribution in [0.2, 0.25) is 0 Å². The van der Waals surface area contributed by atoms with Crippen molar-refractivity contribution in [3.8, 4) is 5.75 Å². The molecule has 0 saturated carbocycles. The predicted molar refractivity (Wildman–Crippen MR) is 92.3 cm³/mol. The molecule has 0 unspecified atom stereocenters. The van der Waals surface area contributed by atoms with E-state index in [1.54, 1.807) is 10.6 Å². The summed E-state index contributed by atoms with van der Waals surface area (Å²) in [4.78, 5) is 24.0. The Morgan fingerprint density at radius 3 is 2.74 bits per heavy atom. The molecule has 0 aliphatic carbocycles. The maximum Gasteiger partial charge on any atom is 0.313 e. The van der Waals surface area contributed by atoms with Crippen molar-refractivity contribution < 1.29 is 9.53 Å². The summed E-state index contributed by atoms with van der Waals surface area (Å²) in [5.41, 5.74) is 2.91. The number of carbonyl (C=O) groups excluding carboxylic acids is 1. The number of thiazole rings is 1. The second kappa shape index (κ2) is 6.38. The van der Waals surface area contributed by atoms with Crippen molar-refractivity contribution in [1.82, 2.24) is 4.57 Å². The Kier molecular flexibility index (Phi) is 4.30. The molecule has 0 aliphatic rings. The second-order valence-corrected chi connectivity index (χ2v) is 6.47. The smallest absolute Gasteiger partial charge is 0.313 e. The molecule has 3 rings (SSSR count). The lowest BCUT2D eigenvalue weighted by atomic mass is 10.1. The lowest BCUT2D eigenvalue weighted by molar-refractivity contribution is -0.134. The molecule has 3 aromatic rings. The van der Waals surface area contributed by atoms with Crippen LogP contribution in [-0.2, 0) is 11.3 Å². The van der Waals surface area contributed by atoms with Gasteiger partial charge in [-0.25, -0.2) is 0 Å². The average Bonchev–Trinajstić information content (AvgIpc) is 2.83. The van der Waals surface area contributed by atoms with E-state index in [2.05, 4.69) is 0 Å². The van der Waals surface area contributed by atoms with Gasteiger partial charge in [-0.05, 0) is 37.6 Å². The number of benzene rings is 2. The Labute approximate surface area is 138 Å². The van der Waals surface area contributed by atoms with Gasteiger partial charge in [-0.1, -0.05) is 41.2 Å². The fraction of sp³-hybridized carbons (Fsp3) is 0.222. The molecule has 118 valence electrons. The standard InChI is InChI=1S/C18H17NO3S/c1-12-7-8-15(13(2)11-12)22-17(20)9-10-19-14-5-3-4-6-16(14)23-18(19)21/h3-8,11H,9-10H2,1-2H3. The second-order valence-electron chi connectivity index (χ2n) is 5.48. The van der Waals surface area contributed by atoms with E-state index in [1.807, 2.05) is 50.2 Å². The number of esters is 1. The number of aromatic nitrogens is 1. The first-order chi connectivity index (χ1) is 11.0. The Bertz CT molecular complexity index is 923. The molecular formula is C18H17NO3S. The molecular weight excluding hydrogens is 310 g/mol. The fourth-order valence-corrected chi connectivity index (χ4v) is 3.43. The monoisotopic (exact) mass is 327 g/mol. The van der Waals surface area contributed by atoms with Gasteiger partial charge in [0.05, 0.1) is 16.6 Å². The van der Waals surface area contributed by atoms with E-state index in [0.29, 0.717) is 12.3 Å². The van der Waals surface area contributed by atoms with Gasteiger partial charge in [0.25, 0.3) is 0 Å². The van der Waals surface area contributed by atoms with Crippen LogP contribution in [0, 0.1) is 13.8 Å². The highest BCUT2D eigenvalue weighted by molar-refractivity contribution is 7.16. The van der Waals surface area contributed by atoms with E-state index >= 15 is 0 Å². The zero-order chi connectivity index (χ0) is 16.4. The van der Waals surface area contributed by atoms with Gasteiger partial charge in [0.2, 0.25) is 0 Å². The summed E-state index contributed by atoms with van der Waals surface area (Å²) >= 11 is 1.19. The Morgan fingerprint density at radius 1 is 1.17 bits per heavy atom. The van der Waals surface area contributed by atoms with Crippen molar-refractivity contribution in [2.24, 2.45) is 0 Å². The van der Waals surface area contributed by atoms with E-state index in [1.165, 1.54) is 11.3 Å². The van der Waals surface area contributed by atoms with Crippen molar-refractivity contribution in [1.29, 1.82) is 0 Å². The molecule has 0 radical (unpaired) electrons. The molecule has 0 saturated heterocycles. The summed E-state index contributed by atoms with van der Waals surface area (Å²) in [7, 11) is 0. The predicted octanol–water partition coefficient (Wildman–Crippen LogP) is 3.68. The lowest BCUT2D eigenvalue weighted by Crippen LogP contribution is -2.18. The lowest BCUT2D eigenvalue weighted by Gasteiger charge is -2.08. The van der Waals surface area contributed by atoms with E-state index in [-0.39, 0.29) is 17.3 Å². The van der Waals surface area contributed by atoms with E-state index in [4.69, 9.17) is 4.74 Å². The van der Waals surface area contributed by atoms with Gasteiger partial charge >= 0.3 is 10.8 Å². The molecule has 1 aromatic heterocycles. The SMILES string of the molecule is Cc1ccc(OC(=O)CCn2c(=O)sc3ccccc32)c(C)c1. The highest BCUT2D eigenvalue weighted by Crippen LogP contribution is 2.20. The van der Waals surface area contributed by atoms with E-state index < -0.39 is 0 Å². The third kappa shape index (κ3) is 3.35. The number of aryl methyl sites for hydroxylation is 3. The van der Waals surface area contributed by atoms with Crippen molar-refractivity contribution >= 4 is 27.5 Å². The molecule has 4 nitrogen and oxygen atoms in total. The molecule has 0 N–H and O–H groups in total. The molecule has 0 amide bonds. The number of ether oxygens (including phenoxy) is 1. The summed E-state index contributed by atoms with van der Waals surface area (Å²) in [5.74, 6) is 0.238. The van der Waals surface area contributed by atoms with Crippen LogP contribution >= 0.6 is 11.3 Å². The molecule has 23 heavy (non-hydrogen) atoms. The third-order valence-corrected chi connectivity index (χ3v) is 4.63. The minimum absolute atomic E-state index is 0.0504. The minimum atomic E-state index is -0.334. The minimum Gasteiger partial charge on any atom is -0.426 e. The van der Waals surface area contributed by atoms with Crippen LogP contribution in [0.3, 0.4) is 0 Å². The first kappa shape index (κ1) is 15.5. The van der Waals surface area contributed by atoms with Crippen molar-refractivity contribution in [3.63, 3.8) is 0 Å². The van der Waals surface area contributed by atoms with Crippen LogP contribution in [0.5, 0.6) is 5.75 Å². The zero-order valence-corrected chi connectivity index (χ0v) is 13.9. The zero-order valence-electron chi connectivity index (χ0n) is 13.0. The number of hydrogen-bond donors (Lipinski definition) is 0. The summed E-state index contributed by atoms with van der Waals surface area (Å²) < 4.78 is 7.96. The third-order valence-electron chi connectivity index (χ3n) is 3.67. The number of nitrogens with zero attached hydrogens (tertiary/aromatic N) is 1. The Hall–Kier alpha value is -2.40. The first-order valence-electron chi connectivity index (χ1n) is 7.41. The average molecular weight is 327 g/mol. The van der Waals surface area contributed by atoms with Gasteiger partial charge in [0.15, 0.2) is 0 Å². The molecule has 0 atom stereocenters. The van der Waals surface area contributed by atoms with Crippen LogP contribution in [0.25, 0.3) is 10.2 Å². The summed E-state index contributed by atoms with van der Waals surface area (Å²) in [6, 6.07) is 13.3. The van der Waals surface area contributed by atoms with Crippen LogP contribution in [0.1, 0.15) is 17.5 Å². The Balaban J connectivity index is 1.71. The molecule has 0 spiro atoms. The number of para-hydroxylation sites is 1. The largest absolute Gasteiger partial charge is 0.426 e. The number of hydrogen-bond acceptors (Lipinski definition) is 4. The van der Waals surface area contributed by atoms with Crippen LogP contribution < -0.4 is 9.61 Å². The van der Waals surface area contributed by atoms with Gasteiger partial charge in [-0.15, -0.1) is 0 Å². The summed E-state index contributed by atoms with van der Waals surface area (Å²) in [5, 5.41) is 0. The molecule has 0 bridgehead atoms. The fourth-order valence-electron chi connectivity index (χ4n) is 2.52. The van der Waals surface area contributed by atoms with Crippen LogP contribution in [0.15, 0.2) is 47.3 Å². The number of rotatable bonds is 4. The van der Waals surface area contributed by atoms with Gasteiger partial charge in [0, 0.05) is 6.54 Å². The first-order valence-corrected chi connectivity index (χ1v) is 8.22. The van der Waals surface area contributed by atoms with Crippen LogP contribution in [0.4, 0.5) is 0 Å². The molecule has 2 aromatic carbocycles. The Morgan fingerprint density at radius 2 is 1.96 bits per heavy atom. The van der Waals surface area contributed by atoms with E-state index in [9.17, 15) is 9.59 Å². The van der Waals surface area contributed by atoms with Gasteiger partial charge in [-0.2, -0.15) is 0 Å². The maximum absolute atomic E-state index is 12.1.